The van der Waals surface area contributed by atoms with Gasteiger partial charge < -0.3 is 15.2 Å². The predicted octanol–water partition coefficient (Wildman–Crippen LogP) is 1.75. The summed E-state index contributed by atoms with van der Waals surface area (Å²) in [5, 5.41) is 0. The predicted molar refractivity (Wildman–Crippen MR) is 80.2 cm³/mol. The molecule has 106 valence electrons. The molecule has 2 N–H and O–H groups in total. The number of ether oxygens (including phenoxy) is 2. The maximum absolute atomic E-state index is 6.42. The Balaban J connectivity index is 2.20. The van der Waals surface area contributed by atoms with E-state index in [0.29, 0.717) is 6.04 Å². The molecule has 4 nitrogen and oxygen atoms in total. The van der Waals surface area contributed by atoms with E-state index in [1.54, 1.807) is 14.2 Å². The number of likely N-dealkylation sites (N-methyl/N-ethyl adjacent to an activating group) is 1. The van der Waals surface area contributed by atoms with Crippen LogP contribution in [-0.4, -0.2) is 50.3 Å². The van der Waals surface area contributed by atoms with Gasteiger partial charge in [-0.3, -0.25) is 4.90 Å². The number of nitrogens with zero attached hydrogens (tertiary/aromatic N) is 1. The molecule has 1 aromatic carbocycles. The number of rotatable bonds is 4. The molecular weight excluding hydrogens is 260 g/mol. The molecule has 0 spiro atoms. The SMILES string of the molecule is COc1ccc(C(N)C2CSCCN2C)cc1OC. The van der Waals surface area contributed by atoms with Gasteiger partial charge in [0.25, 0.3) is 0 Å². The van der Waals surface area contributed by atoms with Gasteiger partial charge in [0.15, 0.2) is 11.5 Å². The summed E-state index contributed by atoms with van der Waals surface area (Å²) < 4.78 is 10.6. The number of hydrogen-bond donors (Lipinski definition) is 1. The minimum Gasteiger partial charge on any atom is -0.493 e. The Hall–Kier alpha value is -0.910. The molecule has 0 bridgehead atoms. The highest BCUT2D eigenvalue weighted by molar-refractivity contribution is 7.99. The summed E-state index contributed by atoms with van der Waals surface area (Å²) in [7, 11) is 5.43. The molecule has 19 heavy (non-hydrogen) atoms. The molecule has 2 unspecified atom stereocenters. The van der Waals surface area contributed by atoms with Crippen molar-refractivity contribution >= 4 is 11.8 Å². The lowest BCUT2D eigenvalue weighted by atomic mass is 9.99. The van der Waals surface area contributed by atoms with Crippen molar-refractivity contribution in [3.8, 4) is 11.5 Å². The zero-order chi connectivity index (χ0) is 13.8. The molecule has 0 aliphatic carbocycles. The lowest BCUT2D eigenvalue weighted by Crippen LogP contribution is -2.46. The van der Waals surface area contributed by atoms with Crippen molar-refractivity contribution in [3.63, 3.8) is 0 Å². The Kier molecular flexibility index (Phi) is 4.96. The van der Waals surface area contributed by atoms with Crippen LogP contribution in [-0.2, 0) is 0 Å². The number of benzene rings is 1. The van der Waals surface area contributed by atoms with Gasteiger partial charge in [0.05, 0.1) is 14.2 Å². The normalized spacial score (nSPS) is 22.0. The van der Waals surface area contributed by atoms with Gasteiger partial charge >= 0.3 is 0 Å². The van der Waals surface area contributed by atoms with Crippen LogP contribution in [0.5, 0.6) is 11.5 Å². The lowest BCUT2D eigenvalue weighted by Gasteiger charge is -2.36. The summed E-state index contributed by atoms with van der Waals surface area (Å²) in [5.41, 5.74) is 7.52. The second kappa shape index (κ2) is 6.50. The van der Waals surface area contributed by atoms with Crippen LogP contribution < -0.4 is 15.2 Å². The van der Waals surface area contributed by atoms with Crippen molar-refractivity contribution in [2.75, 3.05) is 39.3 Å². The van der Waals surface area contributed by atoms with Crippen molar-refractivity contribution in [2.45, 2.75) is 12.1 Å². The van der Waals surface area contributed by atoms with Crippen molar-refractivity contribution in [2.24, 2.45) is 5.73 Å². The van der Waals surface area contributed by atoms with E-state index in [-0.39, 0.29) is 6.04 Å². The van der Waals surface area contributed by atoms with Crippen LogP contribution in [0, 0.1) is 0 Å². The number of hydrogen-bond acceptors (Lipinski definition) is 5. The molecule has 1 aliphatic heterocycles. The Bertz CT molecular complexity index is 428. The first-order valence-electron chi connectivity index (χ1n) is 6.43. The Morgan fingerprint density at radius 1 is 1.32 bits per heavy atom. The molecule has 1 aromatic rings. The van der Waals surface area contributed by atoms with Crippen molar-refractivity contribution in [1.82, 2.24) is 4.90 Å². The molecule has 2 rings (SSSR count). The fourth-order valence-electron chi connectivity index (χ4n) is 2.37. The van der Waals surface area contributed by atoms with E-state index in [2.05, 4.69) is 11.9 Å². The number of thioether (sulfide) groups is 1. The van der Waals surface area contributed by atoms with Crippen molar-refractivity contribution < 1.29 is 9.47 Å². The topological polar surface area (TPSA) is 47.7 Å². The van der Waals surface area contributed by atoms with Crippen LogP contribution in [0.1, 0.15) is 11.6 Å². The zero-order valence-corrected chi connectivity index (χ0v) is 12.6. The van der Waals surface area contributed by atoms with Crippen LogP contribution in [0.25, 0.3) is 0 Å². The fourth-order valence-corrected chi connectivity index (χ4v) is 3.65. The van der Waals surface area contributed by atoms with Gasteiger partial charge in [-0.05, 0) is 24.7 Å². The minimum atomic E-state index is -0.00222. The second-order valence-electron chi connectivity index (χ2n) is 4.76. The molecule has 0 amide bonds. The van der Waals surface area contributed by atoms with Gasteiger partial charge in [0, 0.05) is 30.1 Å². The van der Waals surface area contributed by atoms with Gasteiger partial charge in [-0.15, -0.1) is 0 Å². The average molecular weight is 282 g/mol. The smallest absolute Gasteiger partial charge is 0.161 e. The summed E-state index contributed by atoms with van der Waals surface area (Å²) >= 11 is 1.97. The molecule has 0 aromatic heterocycles. The first-order chi connectivity index (χ1) is 9.17. The zero-order valence-electron chi connectivity index (χ0n) is 11.8. The van der Waals surface area contributed by atoms with E-state index in [0.717, 1.165) is 29.4 Å². The van der Waals surface area contributed by atoms with Gasteiger partial charge in [-0.25, -0.2) is 0 Å². The quantitative estimate of drug-likeness (QED) is 0.911. The maximum Gasteiger partial charge on any atom is 0.161 e. The minimum absolute atomic E-state index is 0.00222. The highest BCUT2D eigenvalue weighted by Gasteiger charge is 2.27. The number of nitrogens with two attached hydrogens (primary N) is 1. The molecule has 1 aliphatic rings. The molecule has 5 heteroatoms. The Morgan fingerprint density at radius 2 is 2.05 bits per heavy atom. The molecular formula is C14H22N2O2S. The van der Waals surface area contributed by atoms with Crippen molar-refractivity contribution in [1.29, 1.82) is 0 Å². The van der Waals surface area contributed by atoms with E-state index >= 15 is 0 Å². The van der Waals surface area contributed by atoms with E-state index in [1.807, 2.05) is 30.0 Å². The van der Waals surface area contributed by atoms with E-state index < -0.39 is 0 Å². The molecule has 0 radical (unpaired) electrons. The number of methoxy groups -OCH3 is 2. The van der Waals surface area contributed by atoms with E-state index in [4.69, 9.17) is 15.2 Å². The van der Waals surface area contributed by atoms with Gasteiger partial charge in [-0.2, -0.15) is 11.8 Å². The molecule has 1 saturated heterocycles. The molecule has 0 saturated carbocycles. The van der Waals surface area contributed by atoms with E-state index in [1.165, 1.54) is 5.75 Å². The summed E-state index contributed by atoms with van der Waals surface area (Å²) in [5.74, 6) is 3.74. The standard InChI is InChI=1S/C14H22N2O2S/c1-16-6-7-19-9-11(16)14(15)10-4-5-12(17-2)13(8-10)18-3/h4-5,8,11,14H,6-7,9,15H2,1-3H3. The van der Waals surface area contributed by atoms with Crippen LogP contribution in [0.2, 0.25) is 0 Å². The Morgan fingerprint density at radius 3 is 2.68 bits per heavy atom. The van der Waals surface area contributed by atoms with Gasteiger partial charge in [0.1, 0.15) is 0 Å². The van der Waals surface area contributed by atoms with Crippen LogP contribution in [0.4, 0.5) is 0 Å². The first-order valence-corrected chi connectivity index (χ1v) is 7.58. The second-order valence-corrected chi connectivity index (χ2v) is 5.91. The highest BCUT2D eigenvalue weighted by atomic mass is 32.2. The molecule has 1 heterocycles. The third kappa shape index (κ3) is 3.16. The largest absolute Gasteiger partial charge is 0.493 e. The Labute approximate surface area is 119 Å². The first kappa shape index (κ1) is 14.5. The monoisotopic (exact) mass is 282 g/mol. The van der Waals surface area contributed by atoms with Crippen LogP contribution in [0.3, 0.4) is 0 Å². The molecule has 1 fully saturated rings. The summed E-state index contributed by atoms with van der Waals surface area (Å²) in [4.78, 5) is 2.35. The van der Waals surface area contributed by atoms with E-state index in [9.17, 15) is 0 Å². The summed E-state index contributed by atoms with van der Waals surface area (Å²) in [6.45, 7) is 1.09. The maximum atomic E-state index is 6.42. The van der Waals surface area contributed by atoms with Crippen molar-refractivity contribution in [3.05, 3.63) is 23.8 Å². The summed E-state index contributed by atoms with van der Waals surface area (Å²) in [6.07, 6.45) is 0. The van der Waals surface area contributed by atoms with Crippen LogP contribution >= 0.6 is 11.8 Å². The highest BCUT2D eigenvalue weighted by Crippen LogP contribution is 2.32. The summed E-state index contributed by atoms with van der Waals surface area (Å²) in [6, 6.07) is 6.30. The van der Waals surface area contributed by atoms with Gasteiger partial charge in [0.2, 0.25) is 0 Å². The fraction of sp³-hybridized carbons (Fsp3) is 0.571. The van der Waals surface area contributed by atoms with Gasteiger partial charge in [-0.1, -0.05) is 6.07 Å². The molecule has 2 atom stereocenters. The lowest BCUT2D eigenvalue weighted by molar-refractivity contribution is 0.237. The third-order valence-electron chi connectivity index (χ3n) is 3.65. The average Bonchev–Trinajstić information content (AvgIpc) is 2.46. The van der Waals surface area contributed by atoms with Crippen LogP contribution in [0.15, 0.2) is 18.2 Å². The third-order valence-corrected chi connectivity index (χ3v) is 4.70.